The number of esters is 1. The molecule has 1 atom stereocenters. The van der Waals surface area contributed by atoms with Crippen LogP contribution in [0.5, 0.6) is 5.75 Å². The molecule has 22 heavy (non-hydrogen) atoms. The van der Waals surface area contributed by atoms with Gasteiger partial charge in [0.2, 0.25) is 5.91 Å². The summed E-state index contributed by atoms with van der Waals surface area (Å²) in [6.45, 7) is 3.89. The fraction of sp³-hybridized carbons (Fsp3) is 0.222. The number of hydrogen-bond donors (Lipinski definition) is 1. The molecule has 0 saturated heterocycles. The van der Waals surface area contributed by atoms with Gasteiger partial charge in [0.15, 0.2) is 0 Å². The Morgan fingerprint density at radius 1 is 1.18 bits per heavy atom. The second-order valence-corrected chi connectivity index (χ2v) is 5.58. The van der Waals surface area contributed by atoms with E-state index in [1.165, 1.54) is 0 Å². The number of hydrogen-bond acceptors (Lipinski definition) is 3. The SMILES string of the molecule is Cc1ccc(OC(=O)C2CC(=O)Nc3ccccc32)c(C)c1. The molecule has 3 rings (SSSR count). The smallest absolute Gasteiger partial charge is 0.319 e. The average Bonchev–Trinajstić information content (AvgIpc) is 2.49. The fourth-order valence-electron chi connectivity index (χ4n) is 2.71. The molecule has 1 aliphatic rings. The number of ether oxygens (including phenoxy) is 1. The molecule has 1 amide bonds. The van der Waals surface area contributed by atoms with Crippen molar-refractivity contribution in [3.8, 4) is 5.75 Å². The van der Waals surface area contributed by atoms with Crippen molar-refractivity contribution in [3.63, 3.8) is 0 Å². The molecule has 1 N–H and O–H groups in total. The Bertz CT molecular complexity index is 752. The lowest BCUT2D eigenvalue weighted by atomic mass is 9.90. The normalized spacial score (nSPS) is 16.6. The lowest BCUT2D eigenvalue weighted by Gasteiger charge is -2.24. The first kappa shape index (κ1) is 14.3. The minimum absolute atomic E-state index is 0.112. The van der Waals surface area contributed by atoms with Gasteiger partial charge in [0, 0.05) is 12.1 Å². The summed E-state index contributed by atoms with van der Waals surface area (Å²) in [5.74, 6) is -0.583. The molecule has 0 spiro atoms. The number of aryl methyl sites for hydroxylation is 2. The third kappa shape index (κ3) is 2.72. The summed E-state index contributed by atoms with van der Waals surface area (Å²) in [6, 6.07) is 13.0. The Kier molecular flexibility index (Phi) is 3.67. The summed E-state index contributed by atoms with van der Waals surface area (Å²) in [7, 11) is 0. The molecular weight excluding hydrogens is 278 g/mol. The summed E-state index contributed by atoms with van der Waals surface area (Å²) in [6.07, 6.45) is 0.112. The van der Waals surface area contributed by atoms with Gasteiger partial charge in [-0.1, -0.05) is 35.9 Å². The average molecular weight is 295 g/mol. The first-order valence-corrected chi connectivity index (χ1v) is 7.22. The van der Waals surface area contributed by atoms with Gasteiger partial charge in [-0.05, 0) is 37.1 Å². The molecule has 1 unspecified atom stereocenters. The van der Waals surface area contributed by atoms with E-state index in [1.807, 2.05) is 44.2 Å². The minimum Gasteiger partial charge on any atom is -0.426 e. The van der Waals surface area contributed by atoms with Crippen molar-refractivity contribution < 1.29 is 14.3 Å². The fourth-order valence-corrected chi connectivity index (χ4v) is 2.71. The monoisotopic (exact) mass is 295 g/mol. The largest absolute Gasteiger partial charge is 0.426 e. The maximum atomic E-state index is 12.5. The maximum Gasteiger partial charge on any atom is 0.319 e. The molecular formula is C18H17NO3. The van der Waals surface area contributed by atoms with Crippen LogP contribution in [-0.2, 0) is 9.59 Å². The quantitative estimate of drug-likeness (QED) is 0.683. The van der Waals surface area contributed by atoms with Crippen LogP contribution in [0.2, 0.25) is 0 Å². The van der Waals surface area contributed by atoms with E-state index in [0.29, 0.717) is 11.4 Å². The van der Waals surface area contributed by atoms with Crippen molar-refractivity contribution in [2.24, 2.45) is 0 Å². The third-order valence-electron chi connectivity index (χ3n) is 3.83. The molecule has 1 aliphatic heterocycles. The molecule has 1 heterocycles. The van der Waals surface area contributed by atoms with Crippen molar-refractivity contribution >= 4 is 17.6 Å². The van der Waals surface area contributed by atoms with E-state index in [2.05, 4.69) is 5.32 Å². The molecule has 0 bridgehead atoms. The van der Waals surface area contributed by atoms with Crippen molar-refractivity contribution in [1.82, 2.24) is 0 Å². The highest BCUT2D eigenvalue weighted by molar-refractivity contribution is 6.00. The van der Waals surface area contributed by atoms with E-state index in [0.717, 1.165) is 16.7 Å². The van der Waals surface area contributed by atoms with Gasteiger partial charge in [-0.25, -0.2) is 0 Å². The van der Waals surface area contributed by atoms with Crippen LogP contribution >= 0.6 is 0 Å². The predicted molar refractivity (Wildman–Crippen MR) is 84.0 cm³/mol. The Morgan fingerprint density at radius 3 is 2.73 bits per heavy atom. The van der Waals surface area contributed by atoms with Crippen LogP contribution in [0.15, 0.2) is 42.5 Å². The molecule has 4 nitrogen and oxygen atoms in total. The van der Waals surface area contributed by atoms with Gasteiger partial charge in [-0.15, -0.1) is 0 Å². The highest BCUT2D eigenvalue weighted by Gasteiger charge is 2.32. The van der Waals surface area contributed by atoms with Gasteiger partial charge in [0.05, 0.1) is 5.92 Å². The number of nitrogens with one attached hydrogen (secondary N) is 1. The standard InChI is InChI=1S/C18H17NO3/c1-11-7-8-16(12(2)9-11)22-18(21)14-10-17(20)19-15-6-4-3-5-13(14)15/h3-9,14H,10H2,1-2H3,(H,19,20). The highest BCUT2D eigenvalue weighted by atomic mass is 16.5. The van der Waals surface area contributed by atoms with Crippen molar-refractivity contribution in [1.29, 1.82) is 0 Å². The Labute approximate surface area is 129 Å². The third-order valence-corrected chi connectivity index (χ3v) is 3.83. The number of benzene rings is 2. The Balaban J connectivity index is 1.88. The number of carbonyl (C=O) groups is 2. The van der Waals surface area contributed by atoms with Crippen LogP contribution in [-0.4, -0.2) is 11.9 Å². The zero-order valence-electron chi connectivity index (χ0n) is 12.6. The molecule has 0 aliphatic carbocycles. The number of para-hydroxylation sites is 1. The van der Waals surface area contributed by atoms with Gasteiger partial charge in [-0.3, -0.25) is 9.59 Å². The summed E-state index contributed by atoms with van der Waals surface area (Å²) < 4.78 is 5.53. The summed E-state index contributed by atoms with van der Waals surface area (Å²) >= 11 is 0. The molecule has 112 valence electrons. The van der Waals surface area contributed by atoms with Crippen LogP contribution in [0.25, 0.3) is 0 Å². The molecule has 0 fully saturated rings. The van der Waals surface area contributed by atoms with Crippen LogP contribution in [0.3, 0.4) is 0 Å². The molecule has 2 aromatic carbocycles. The number of anilines is 1. The van der Waals surface area contributed by atoms with E-state index < -0.39 is 11.9 Å². The number of amides is 1. The topological polar surface area (TPSA) is 55.4 Å². The van der Waals surface area contributed by atoms with Crippen LogP contribution < -0.4 is 10.1 Å². The Morgan fingerprint density at radius 2 is 1.95 bits per heavy atom. The zero-order chi connectivity index (χ0) is 15.7. The predicted octanol–water partition coefficient (Wildman–Crippen LogP) is 3.33. The summed E-state index contributed by atoms with van der Waals surface area (Å²) in [5, 5.41) is 2.78. The summed E-state index contributed by atoms with van der Waals surface area (Å²) in [5.41, 5.74) is 3.50. The van der Waals surface area contributed by atoms with E-state index in [1.54, 1.807) is 12.1 Å². The lowest BCUT2D eigenvalue weighted by Crippen LogP contribution is -2.29. The second-order valence-electron chi connectivity index (χ2n) is 5.58. The molecule has 2 aromatic rings. The van der Waals surface area contributed by atoms with Crippen LogP contribution in [0, 0.1) is 13.8 Å². The van der Waals surface area contributed by atoms with E-state index in [-0.39, 0.29) is 12.3 Å². The van der Waals surface area contributed by atoms with Gasteiger partial charge < -0.3 is 10.1 Å². The first-order valence-electron chi connectivity index (χ1n) is 7.22. The number of rotatable bonds is 2. The van der Waals surface area contributed by atoms with E-state index in [4.69, 9.17) is 4.74 Å². The molecule has 0 saturated carbocycles. The van der Waals surface area contributed by atoms with E-state index in [9.17, 15) is 9.59 Å². The van der Waals surface area contributed by atoms with Crippen LogP contribution in [0.1, 0.15) is 29.0 Å². The van der Waals surface area contributed by atoms with Crippen molar-refractivity contribution in [2.75, 3.05) is 5.32 Å². The lowest BCUT2D eigenvalue weighted by molar-refractivity contribution is -0.138. The highest BCUT2D eigenvalue weighted by Crippen LogP contribution is 2.33. The van der Waals surface area contributed by atoms with Gasteiger partial charge in [0.25, 0.3) is 0 Å². The van der Waals surface area contributed by atoms with E-state index >= 15 is 0 Å². The van der Waals surface area contributed by atoms with Gasteiger partial charge in [0.1, 0.15) is 5.75 Å². The molecule has 0 radical (unpaired) electrons. The molecule has 4 heteroatoms. The number of fused-ring (bicyclic) bond motifs is 1. The second kappa shape index (κ2) is 5.64. The zero-order valence-corrected chi connectivity index (χ0v) is 12.6. The van der Waals surface area contributed by atoms with Gasteiger partial charge >= 0.3 is 5.97 Å². The summed E-state index contributed by atoms with van der Waals surface area (Å²) in [4.78, 5) is 24.3. The number of carbonyl (C=O) groups excluding carboxylic acids is 2. The first-order chi connectivity index (χ1) is 10.5. The minimum atomic E-state index is -0.564. The Hall–Kier alpha value is -2.62. The van der Waals surface area contributed by atoms with Crippen molar-refractivity contribution in [2.45, 2.75) is 26.2 Å². The van der Waals surface area contributed by atoms with Crippen molar-refractivity contribution in [3.05, 3.63) is 59.2 Å². The van der Waals surface area contributed by atoms with Gasteiger partial charge in [-0.2, -0.15) is 0 Å². The van der Waals surface area contributed by atoms with Crippen LogP contribution in [0.4, 0.5) is 5.69 Å². The molecule has 0 aromatic heterocycles. The maximum absolute atomic E-state index is 12.5.